The molecule has 0 atom stereocenters. The van der Waals surface area contributed by atoms with E-state index < -0.39 is 0 Å². The summed E-state index contributed by atoms with van der Waals surface area (Å²) in [5.41, 5.74) is 1.42. The van der Waals surface area contributed by atoms with Crippen molar-refractivity contribution in [1.29, 1.82) is 0 Å². The van der Waals surface area contributed by atoms with Crippen molar-refractivity contribution in [3.63, 3.8) is 0 Å². The second-order valence-electron chi connectivity index (χ2n) is 3.45. The Bertz CT molecular complexity index is 477. The monoisotopic (exact) mass is 216 g/mol. The summed E-state index contributed by atoms with van der Waals surface area (Å²) in [5.74, 6) is -0.358. The van der Waals surface area contributed by atoms with Crippen molar-refractivity contribution in [3.05, 3.63) is 54.1 Å². The Hall–Kier alpha value is -2.10. The minimum absolute atomic E-state index is 0.283. The Morgan fingerprint density at radius 1 is 1.38 bits per heavy atom. The van der Waals surface area contributed by atoms with Crippen LogP contribution in [-0.4, -0.2) is 15.5 Å². The number of nitrogens with zero attached hydrogens (tertiary/aromatic N) is 2. The van der Waals surface area contributed by atoms with Gasteiger partial charge in [0.15, 0.2) is 0 Å². The largest absolute Gasteiger partial charge is 0.456 e. The molecule has 1 aromatic carbocycles. The highest BCUT2D eigenvalue weighted by atomic mass is 16.5. The van der Waals surface area contributed by atoms with Crippen LogP contribution in [0, 0.1) is 0 Å². The van der Waals surface area contributed by atoms with Crippen LogP contribution in [0.3, 0.4) is 0 Å². The number of hydrogen-bond acceptors (Lipinski definition) is 3. The lowest BCUT2D eigenvalue weighted by molar-refractivity contribution is 0.0461. The Balaban J connectivity index is 1.97. The molecule has 0 amide bonds. The predicted molar refractivity (Wildman–Crippen MR) is 58.8 cm³/mol. The first-order chi connectivity index (χ1) is 7.77. The molecule has 0 unspecified atom stereocenters. The number of imidazole rings is 1. The van der Waals surface area contributed by atoms with E-state index in [-0.39, 0.29) is 12.6 Å². The van der Waals surface area contributed by atoms with Crippen LogP contribution >= 0.6 is 0 Å². The fraction of sp³-hybridized carbons (Fsp3) is 0.167. The molecule has 0 spiro atoms. The summed E-state index contributed by atoms with van der Waals surface area (Å²) in [6.45, 7) is 0.283. The van der Waals surface area contributed by atoms with Crippen molar-refractivity contribution in [2.45, 2.75) is 6.61 Å². The third kappa shape index (κ3) is 2.28. The summed E-state index contributed by atoms with van der Waals surface area (Å²) in [7, 11) is 1.76. The summed E-state index contributed by atoms with van der Waals surface area (Å²) in [5, 5.41) is 0. The molecule has 82 valence electrons. The number of rotatable bonds is 3. The van der Waals surface area contributed by atoms with Crippen molar-refractivity contribution in [1.82, 2.24) is 9.55 Å². The van der Waals surface area contributed by atoms with E-state index in [4.69, 9.17) is 4.74 Å². The lowest BCUT2D eigenvalue weighted by atomic mass is 10.2. The Labute approximate surface area is 93.5 Å². The lowest BCUT2D eigenvalue weighted by Crippen LogP contribution is -2.09. The molecule has 0 N–H and O–H groups in total. The zero-order chi connectivity index (χ0) is 11.4. The van der Waals surface area contributed by atoms with Crippen LogP contribution in [0.25, 0.3) is 0 Å². The minimum atomic E-state index is -0.358. The maximum atomic E-state index is 11.6. The maximum Gasteiger partial charge on any atom is 0.356 e. The van der Waals surface area contributed by atoms with E-state index in [1.807, 2.05) is 30.3 Å². The van der Waals surface area contributed by atoms with Crippen molar-refractivity contribution in [2.24, 2.45) is 7.05 Å². The fourth-order valence-electron chi connectivity index (χ4n) is 1.35. The van der Waals surface area contributed by atoms with Gasteiger partial charge in [0.2, 0.25) is 0 Å². The molecule has 2 aromatic rings. The van der Waals surface area contributed by atoms with Gasteiger partial charge in [0, 0.05) is 7.05 Å². The first-order valence-electron chi connectivity index (χ1n) is 4.95. The zero-order valence-corrected chi connectivity index (χ0v) is 8.96. The van der Waals surface area contributed by atoms with Crippen molar-refractivity contribution in [2.75, 3.05) is 0 Å². The van der Waals surface area contributed by atoms with E-state index in [9.17, 15) is 4.79 Å². The van der Waals surface area contributed by atoms with Crippen LogP contribution < -0.4 is 0 Å². The predicted octanol–water partition coefficient (Wildman–Crippen LogP) is 1.78. The number of hydrogen-bond donors (Lipinski definition) is 0. The van der Waals surface area contributed by atoms with Gasteiger partial charge >= 0.3 is 5.97 Å². The number of esters is 1. The normalized spacial score (nSPS) is 10.1. The maximum absolute atomic E-state index is 11.6. The number of carbonyl (C=O) groups excluding carboxylic acids is 1. The van der Waals surface area contributed by atoms with E-state index in [2.05, 4.69) is 4.98 Å². The number of aromatic nitrogens is 2. The highest BCUT2D eigenvalue weighted by molar-refractivity contribution is 5.87. The number of aryl methyl sites for hydroxylation is 1. The van der Waals surface area contributed by atoms with Gasteiger partial charge in [-0.05, 0) is 5.56 Å². The van der Waals surface area contributed by atoms with Gasteiger partial charge in [0.05, 0.1) is 12.5 Å². The van der Waals surface area contributed by atoms with Gasteiger partial charge in [-0.25, -0.2) is 9.78 Å². The topological polar surface area (TPSA) is 44.1 Å². The van der Waals surface area contributed by atoms with Crippen LogP contribution in [-0.2, 0) is 18.4 Å². The fourth-order valence-corrected chi connectivity index (χ4v) is 1.35. The molecular weight excluding hydrogens is 204 g/mol. The van der Waals surface area contributed by atoms with Gasteiger partial charge < -0.3 is 9.30 Å². The Morgan fingerprint density at radius 3 is 2.75 bits per heavy atom. The lowest BCUT2D eigenvalue weighted by Gasteiger charge is -2.04. The molecule has 0 saturated heterocycles. The molecular formula is C12H12N2O2. The molecule has 0 bridgehead atoms. The highest BCUT2D eigenvalue weighted by Crippen LogP contribution is 2.04. The summed E-state index contributed by atoms with van der Waals surface area (Å²) >= 11 is 0. The minimum Gasteiger partial charge on any atom is -0.456 e. The summed E-state index contributed by atoms with van der Waals surface area (Å²) in [4.78, 5) is 15.5. The molecule has 1 heterocycles. The molecule has 4 heteroatoms. The standard InChI is InChI=1S/C12H12N2O2/c1-14-9-13-7-11(14)12(15)16-8-10-5-3-2-4-6-10/h2-7,9H,8H2,1H3. The smallest absolute Gasteiger partial charge is 0.356 e. The van der Waals surface area contributed by atoms with Crippen LogP contribution in [0.2, 0.25) is 0 Å². The first kappa shape index (κ1) is 10.4. The summed E-state index contributed by atoms with van der Waals surface area (Å²) in [6, 6.07) is 9.57. The second kappa shape index (κ2) is 4.61. The number of benzene rings is 1. The van der Waals surface area contributed by atoms with E-state index in [0.29, 0.717) is 5.69 Å². The first-order valence-corrected chi connectivity index (χ1v) is 4.95. The van der Waals surface area contributed by atoms with Gasteiger partial charge in [-0.2, -0.15) is 0 Å². The second-order valence-corrected chi connectivity index (χ2v) is 3.45. The van der Waals surface area contributed by atoms with Crippen LogP contribution in [0.15, 0.2) is 42.9 Å². The molecule has 0 aliphatic rings. The van der Waals surface area contributed by atoms with Gasteiger partial charge in [-0.3, -0.25) is 0 Å². The van der Waals surface area contributed by atoms with Gasteiger partial charge in [0.25, 0.3) is 0 Å². The SMILES string of the molecule is Cn1cncc1C(=O)OCc1ccccc1. The molecule has 0 radical (unpaired) electrons. The van der Waals surface area contributed by atoms with Gasteiger partial charge in [0.1, 0.15) is 12.3 Å². The average molecular weight is 216 g/mol. The Kier molecular flexibility index (Phi) is 3.00. The highest BCUT2D eigenvalue weighted by Gasteiger charge is 2.10. The van der Waals surface area contributed by atoms with Crippen LogP contribution in [0.5, 0.6) is 0 Å². The Morgan fingerprint density at radius 2 is 2.12 bits per heavy atom. The van der Waals surface area contributed by atoms with E-state index >= 15 is 0 Å². The molecule has 0 aliphatic heterocycles. The molecule has 1 aromatic heterocycles. The van der Waals surface area contributed by atoms with E-state index in [0.717, 1.165) is 5.56 Å². The number of carbonyl (C=O) groups is 1. The van der Waals surface area contributed by atoms with E-state index in [1.54, 1.807) is 17.9 Å². The van der Waals surface area contributed by atoms with Crippen molar-refractivity contribution in [3.8, 4) is 0 Å². The molecule has 0 aliphatic carbocycles. The van der Waals surface area contributed by atoms with Crippen molar-refractivity contribution < 1.29 is 9.53 Å². The van der Waals surface area contributed by atoms with Crippen LogP contribution in [0.1, 0.15) is 16.1 Å². The number of ether oxygens (including phenoxy) is 1. The summed E-state index contributed by atoms with van der Waals surface area (Å²) in [6.07, 6.45) is 3.06. The van der Waals surface area contributed by atoms with Gasteiger partial charge in [-0.15, -0.1) is 0 Å². The van der Waals surface area contributed by atoms with Crippen LogP contribution in [0.4, 0.5) is 0 Å². The molecule has 16 heavy (non-hydrogen) atoms. The molecule has 0 fully saturated rings. The summed E-state index contributed by atoms with van der Waals surface area (Å²) < 4.78 is 6.79. The van der Waals surface area contributed by atoms with Gasteiger partial charge in [-0.1, -0.05) is 30.3 Å². The van der Waals surface area contributed by atoms with E-state index in [1.165, 1.54) is 6.20 Å². The zero-order valence-electron chi connectivity index (χ0n) is 8.96. The quantitative estimate of drug-likeness (QED) is 0.734. The molecule has 2 rings (SSSR count). The average Bonchev–Trinajstić information content (AvgIpc) is 2.74. The molecule has 0 saturated carbocycles. The van der Waals surface area contributed by atoms with Crippen molar-refractivity contribution >= 4 is 5.97 Å². The third-order valence-corrected chi connectivity index (χ3v) is 2.24. The third-order valence-electron chi connectivity index (χ3n) is 2.24. The molecule has 4 nitrogen and oxygen atoms in total.